The Labute approximate surface area is 202 Å². The van der Waals surface area contributed by atoms with Crippen LogP contribution in [0.25, 0.3) is 27.9 Å². The zero-order valence-corrected chi connectivity index (χ0v) is 19.3. The van der Waals surface area contributed by atoms with E-state index in [0.717, 1.165) is 61.4 Å². The minimum absolute atomic E-state index is 0.156. The molecule has 2 aromatic heterocycles. The fraction of sp³-hybridized carbons (Fsp3) is 0.222. The molecule has 1 N–H and O–H groups in total. The summed E-state index contributed by atoms with van der Waals surface area (Å²) in [5.74, 6) is 1.20. The van der Waals surface area contributed by atoms with Gasteiger partial charge in [0.15, 0.2) is 11.5 Å². The zero-order chi connectivity index (χ0) is 23.6. The van der Waals surface area contributed by atoms with E-state index in [1.54, 1.807) is 10.6 Å². The average molecular weight is 468 g/mol. The molecule has 7 nitrogen and oxygen atoms in total. The van der Waals surface area contributed by atoms with Crippen LogP contribution in [-0.2, 0) is 0 Å². The number of para-hydroxylation sites is 2. The van der Waals surface area contributed by atoms with Crippen LogP contribution in [0.1, 0.15) is 0 Å². The van der Waals surface area contributed by atoms with E-state index < -0.39 is 0 Å². The maximum Gasteiger partial charge on any atom is 0.226 e. The zero-order valence-electron chi connectivity index (χ0n) is 19.3. The van der Waals surface area contributed by atoms with Gasteiger partial charge in [-0.15, -0.1) is 5.10 Å². The Hall–Kier alpha value is -4.04. The van der Waals surface area contributed by atoms with Gasteiger partial charge >= 0.3 is 0 Å². The van der Waals surface area contributed by atoms with Crippen molar-refractivity contribution in [1.29, 1.82) is 0 Å². The third-order valence-electron chi connectivity index (χ3n) is 6.49. The van der Waals surface area contributed by atoms with Crippen molar-refractivity contribution in [3.8, 4) is 11.4 Å². The monoisotopic (exact) mass is 467 g/mol. The molecule has 1 aliphatic rings. The number of hydrogen-bond donors (Lipinski definition) is 1. The summed E-state index contributed by atoms with van der Waals surface area (Å²) in [6, 6.07) is 25.0. The molecule has 5 aromatic rings. The van der Waals surface area contributed by atoms with Crippen molar-refractivity contribution in [1.82, 2.24) is 24.5 Å². The second-order valence-electron chi connectivity index (χ2n) is 8.70. The summed E-state index contributed by atoms with van der Waals surface area (Å²) in [4.78, 5) is 14.2. The summed E-state index contributed by atoms with van der Waals surface area (Å²) < 4.78 is 15.9. The van der Waals surface area contributed by atoms with Crippen LogP contribution in [0.15, 0.2) is 78.9 Å². The molecular formula is C27H26FN7. The van der Waals surface area contributed by atoms with Crippen LogP contribution < -0.4 is 10.2 Å². The van der Waals surface area contributed by atoms with E-state index in [1.165, 1.54) is 6.07 Å². The molecule has 0 amide bonds. The van der Waals surface area contributed by atoms with Crippen molar-refractivity contribution in [3.05, 3.63) is 84.7 Å². The molecule has 3 heterocycles. The molecule has 0 unspecified atom stereocenters. The average Bonchev–Trinajstić information content (AvgIpc) is 3.36. The lowest BCUT2D eigenvalue weighted by molar-refractivity contribution is 0.266. The Morgan fingerprint density at radius 2 is 1.54 bits per heavy atom. The van der Waals surface area contributed by atoms with Gasteiger partial charge in [0.2, 0.25) is 5.95 Å². The maximum atomic E-state index is 14.1. The first kappa shape index (κ1) is 21.5. The molecule has 0 atom stereocenters. The molecule has 0 aliphatic carbocycles. The van der Waals surface area contributed by atoms with Crippen LogP contribution in [0, 0.1) is 5.82 Å². The van der Waals surface area contributed by atoms with E-state index in [4.69, 9.17) is 15.1 Å². The Morgan fingerprint density at radius 1 is 0.800 bits per heavy atom. The molecule has 0 radical (unpaired) electrons. The minimum atomic E-state index is -0.156. The molecule has 176 valence electrons. The Kier molecular flexibility index (Phi) is 5.71. The summed E-state index contributed by atoms with van der Waals surface area (Å²) >= 11 is 0. The normalized spacial score (nSPS) is 14.6. The summed E-state index contributed by atoms with van der Waals surface area (Å²) in [6.07, 6.45) is 0. The predicted octanol–water partition coefficient (Wildman–Crippen LogP) is 4.32. The van der Waals surface area contributed by atoms with E-state index in [-0.39, 0.29) is 5.82 Å². The summed E-state index contributed by atoms with van der Waals surface area (Å²) in [5.41, 5.74) is 3.33. The molecule has 1 aliphatic heterocycles. The number of nitrogens with one attached hydrogen (secondary N) is 1. The van der Waals surface area contributed by atoms with Gasteiger partial charge in [0.05, 0.1) is 11.2 Å². The number of benzene rings is 3. The van der Waals surface area contributed by atoms with E-state index in [0.29, 0.717) is 17.5 Å². The molecule has 0 spiro atoms. The Morgan fingerprint density at radius 3 is 2.37 bits per heavy atom. The van der Waals surface area contributed by atoms with Gasteiger partial charge in [-0.05, 0) is 24.3 Å². The van der Waals surface area contributed by atoms with Crippen LogP contribution in [0.2, 0.25) is 0 Å². The maximum absolute atomic E-state index is 14.1. The van der Waals surface area contributed by atoms with Crippen LogP contribution >= 0.6 is 0 Å². The third kappa shape index (κ3) is 4.28. The van der Waals surface area contributed by atoms with Crippen molar-refractivity contribution in [3.63, 3.8) is 0 Å². The van der Waals surface area contributed by atoms with E-state index >= 15 is 0 Å². The third-order valence-corrected chi connectivity index (χ3v) is 6.49. The predicted molar refractivity (Wildman–Crippen MR) is 137 cm³/mol. The number of fused-ring (bicyclic) bond motifs is 3. The van der Waals surface area contributed by atoms with Gasteiger partial charge in [-0.1, -0.05) is 54.6 Å². The molecular weight excluding hydrogens is 441 g/mol. The van der Waals surface area contributed by atoms with Gasteiger partial charge in [-0.25, -0.2) is 14.4 Å². The molecule has 0 saturated carbocycles. The molecule has 1 saturated heterocycles. The summed E-state index contributed by atoms with van der Waals surface area (Å²) in [6.45, 7) is 4.98. The van der Waals surface area contributed by atoms with Gasteiger partial charge in [-0.2, -0.15) is 4.52 Å². The lowest BCUT2D eigenvalue weighted by Gasteiger charge is -2.36. The first-order valence-electron chi connectivity index (χ1n) is 11.9. The number of nitrogens with zero attached hydrogens (tertiary/aromatic N) is 6. The van der Waals surface area contributed by atoms with E-state index in [2.05, 4.69) is 15.1 Å². The van der Waals surface area contributed by atoms with Gasteiger partial charge in [0.25, 0.3) is 0 Å². The SMILES string of the molecule is Fc1ccccc1N1CCN(CCNc2nc3ccccc3c3nc(-c4ccccc4)nn23)CC1. The highest BCUT2D eigenvalue weighted by Crippen LogP contribution is 2.24. The van der Waals surface area contributed by atoms with Gasteiger partial charge in [0, 0.05) is 50.2 Å². The number of piperazine rings is 1. The van der Waals surface area contributed by atoms with Crippen molar-refractivity contribution >= 4 is 28.2 Å². The number of rotatable bonds is 6. The van der Waals surface area contributed by atoms with Crippen molar-refractivity contribution in [2.24, 2.45) is 0 Å². The van der Waals surface area contributed by atoms with Crippen molar-refractivity contribution < 1.29 is 4.39 Å². The van der Waals surface area contributed by atoms with Gasteiger partial charge in [-0.3, -0.25) is 4.90 Å². The molecule has 3 aromatic carbocycles. The summed E-state index contributed by atoms with van der Waals surface area (Å²) in [7, 11) is 0. The highest BCUT2D eigenvalue weighted by atomic mass is 19.1. The smallest absolute Gasteiger partial charge is 0.226 e. The van der Waals surface area contributed by atoms with Crippen LogP contribution in [0.5, 0.6) is 0 Å². The van der Waals surface area contributed by atoms with Crippen molar-refractivity contribution in [2.75, 3.05) is 49.5 Å². The van der Waals surface area contributed by atoms with Crippen LogP contribution in [-0.4, -0.2) is 63.8 Å². The molecule has 35 heavy (non-hydrogen) atoms. The quantitative estimate of drug-likeness (QED) is 0.401. The molecule has 1 fully saturated rings. The Bertz CT molecular complexity index is 1460. The largest absolute Gasteiger partial charge is 0.367 e. The lowest BCUT2D eigenvalue weighted by atomic mass is 10.2. The van der Waals surface area contributed by atoms with Gasteiger partial charge < -0.3 is 10.2 Å². The number of anilines is 2. The van der Waals surface area contributed by atoms with E-state index in [1.807, 2.05) is 66.7 Å². The number of aromatic nitrogens is 4. The highest BCUT2D eigenvalue weighted by Gasteiger charge is 2.19. The minimum Gasteiger partial charge on any atom is -0.367 e. The van der Waals surface area contributed by atoms with Crippen LogP contribution in [0.3, 0.4) is 0 Å². The van der Waals surface area contributed by atoms with Gasteiger partial charge in [0.1, 0.15) is 5.82 Å². The molecule has 6 rings (SSSR count). The fourth-order valence-corrected chi connectivity index (χ4v) is 4.63. The number of halogens is 1. The molecule has 0 bridgehead atoms. The van der Waals surface area contributed by atoms with Crippen molar-refractivity contribution in [2.45, 2.75) is 0 Å². The fourth-order valence-electron chi connectivity index (χ4n) is 4.63. The Balaban J connectivity index is 1.18. The number of hydrogen-bond acceptors (Lipinski definition) is 6. The second-order valence-corrected chi connectivity index (χ2v) is 8.70. The first-order chi connectivity index (χ1) is 17.3. The highest BCUT2D eigenvalue weighted by molar-refractivity contribution is 5.92. The standard InChI is InChI=1S/C27H26FN7/c28-22-11-5-7-13-24(22)34-18-16-33(17-19-34)15-14-29-27-30-23-12-6-4-10-21(23)26-31-25(32-35(26)27)20-8-2-1-3-9-20/h1-13H,14-19H2,(H,29,30). The van der Waals surface area contributed by atoms with Crippen LogP contribution in [0.4, 0.5) is 16.0 Å². The lowest BCUT2D eigenvalue weighted by Crippen LogP contribution is -2.48. The van der Waals surface area contributed by atoms with E-state index in [9.17, 15) is 4.39 Å². The topological polar surface area (TPSA) is 61.6 Å². The second kappa shape index (κ2) is 9.31. The summed E-state index contributed by atoms with van der Waals surface area (Å²) in [5, 5.41) is 9.22. The molecule has 8 heteroatoms. The first-order valence-corrected chi connectivity index (χ1v) is 11.9.